The Bertz CT molecular complexity index is 159. The maximum Gasteiger partial charge on any atom is 0.0209 e. The van der Waals surface area contributed by atoms with Crippen LogP contribution in [0.25, 0.3) is 0 Å². The first kappa shape index (κ1) is 15.1. The fourth-order valence-corrected chi connectivity index (χ4v) is 0.693. The van der Waals surface area contributed by atoms with E-state index in [-0.39, 0.29) is 25.8 Å². The van der Waals surface area contributed by atoms with Gasteiger partial charge in [0.15, 0.2) is 0 Å². The van der Waals surface area contributed by atoms with Crippen molar-refractivity contribution in [1.29, 1.82) is 0 Å². The van der Waals surface area contributed by atoms with Crippen LogP contribution in [0.5, 0.6) is 0 Å². The average molecular weight is 393 g/mol. The van der Waals surface area contributed by atoms with E-state index in [0.29, 0.717) is 0 Å². The standard InChI is InChI=1S/C7H9.C3H5Br.Hf/c1-2-7-5-3-4-6-7;1-2-3-4;/h3,5H,2,4H2,1H3;2H,1,3H2;/q-1;;. The average Bonchev–Trinajstić information content (AvgIpc) is 2.56. The van der Waals surface area contributed by atoms with E-state index in [1.165, 1.54) is 5.57 Å². The van der Waals surface area contributed by atoms with Gasteiger partial charge in [-0.2, -0.15) is 6.08 Å². The van der Waals surface area contributed by atoms with E-state index in [1.807, 2.05) is 0 Å². The second-order valence-corrected chi connectivity index (χ2v) is 2.75. The van der Waals surface area contributed by atoms with Crippen LogP contribution in [0.15, 0.2) is 30.4 Å². The van der Waals surface area contributed by atoms with Crippen molar-refractivity contribution < 1.29 is 25.8 Å². The molecule has 0 aromatic carbocycles. The monoisotopic (exact) mass is 393 g/mol. The summed E-state index contributed by atoms with van der Waals surface area (Å²) in [4.78, 5) is 0. The molecular weight excluding hydrogens is 379 g/mol. The van der Waals surface area contributed by atoms with Gasteiger partial charge in [-0.25, -0.2) is 11.6 Å². The van der Waals surface area contributed by atoms with E-state index in [9.17, 15) is 0 Å². The smallest absolute Gasteiger partial charge is 0.0209 e. The normalized spacial score (nSPS) is 12.3. The van der Waals surface area contributed by atoms with Gasteiger partial charge in [-0.1, -0.05) is 35.4 Å². The maximum atomic E-state index is 3.43. The molecule has 1 rings (SSSR count). The Morgan fingerprint density at radius 2 is 2.33 bits per heavy atom. The Labute approximate surface area is 103 Å². The van der Waals surface area contributed by atoms with Crippen LogP contribution in [-0.4, -0.2) is 5.33 Å². The zero-order valence-corrected chi connectivity index (χ0v) is 12.6. The summed E-state index contributed by atoms with van der Waals surface area (Å²) in [6.45, 7) is 5.58. The molecule has 0 radical (unpaired) electrons. The second kappa shape index (κ2) is 11.6. The molecule has 0 fully saturated rings. The molecule has 0 saturated heterocycles. The number of hydrogen-bond acceptors (Lipinski definition) is 0. The zero-order valence-electron chi connectivity index (χ0n) is 7.44. The van der Waals surface area contributed by atoms with Gasteiger partial charge in [0.2, 0.25) is 0 Å². The van der Waals surface area contributed by atoms with Crippen LogP contribution in [0.4, 0.5) is 0 Å². The van der Waals surface area contributed by atoms with E-state index in [0.717, 1.165) is 18.2 Å². The van der Waals surface area contributed by atoms with Gasteiger partial charge in [-0.05, 0) is 0 Å². The van der Waals surface area contributed by atoms with Crippen LogP contribution in [0.3, 0.4) is 0 Å². The first-order valence-corrected chi connectivity index (χ1v) is 4.90. The summed E-state index contributed by atoms with van der Waals surface area (Å²) in [7, 11) is 0. The van der Waals surface area contributed by atoms with Gasteiger partial charge < -0.3 is 0 Å². The SMILES string of the molecule is C=CCBr.CCC1=[C-]CC=C1.[Hf]. The quantitative estimate of drug-likeness (QED) is 0.291. The molecule has 0 atom stereocenters. The predicted molar refractivity (Wildman–Crippen MR) is 54.8 cm³/mol. The maximum absolute atomic E-state index is 3.43. The largest absolute Gasteiger partial charge is 0.270 e. The number of rotatable bonds is 2. The molecule has 1 aliphatic rings. The minimum atomic E-state index is 0. The Morgan fingerprint density at radius 1 is 1.75 bits per heavy atom. The minimum absolute atomic E-state index is 0. The van der Waals surface area contributed by atoms with Gasteiger partial charge in [0.25, 0.3) is 0 Å². The number of halogens is 1. The molecule has 0 bridgehead atoms. The molecule has 0 heterocycles. The molecule has 1 aliphatic carbocycles. The molecule has 0 aromatic heterocycles. The molecule has 0 aromatic rings. The summed E-state index contributed by atoms with van der Waals surface area (Å²) in [5.74, 6) is 0. The van der Waals surface area contributed by atoms with Crippen LogP contribution in [0, 0.1) is 6.08 Å². The summed E-state index contributed by atoms with van der Waals surface area (Å²) in [5, 5.41) is 0.896. The van der Waals surface area contributed by atoms with Crippen molar-refractivity contribution >= 4 is 15.9 Å². The minimum Gasteiger partial charge on any atom is -0.270 e. The van der Waals surface area contributed by atoms with Crippen molar-refractivity contribution in [3.63, 3.8) is 0 Å². The molecule has 0 N–H and O–H groups in total. The molecule has 0 aliphatic heterocycles. The van der Waals surface area contributed by atoms with Crippen molar-refractivity contribution in [3.8, 4) is 0 Å². The topological polar surface area (TPSA) is 0 Å². The van der Waals surface area contributed by atoms with Gasteiger partial charge in [-0.15, -0.1) is 13.0 Å². The first-order chi connectivity index (χ1) is 5.35. The van der Waals surface area contributed by atoms with Gasteiger partial charge in [-0.3, -0.25) is 6.08 Å². The summed E-state index contributed by atoms with van der Waals surface area (Å²) in [6, 6.07) is 0. The van der Waals surface area contributed by atoms with Gasteiger partial charge >= 0.3 is 0 Å². The third-order valence-corrected chi connectivity index (χ3v) is 1.71. The number of hydrogen-bond donors (Lipinski definition) is 0. The third-order valence-electron chi connectivity index (χ3n) is 1.26. The van der Waals surface area contributed by atoms with Crippen molar-refractivity contribution in [1.82, 2.24) is 0 Å². The van der Waals surface area contributed by atoms with E-state index < -0.39 is 0 Å². The van der Waals surface area contributed by atoms with Crippen LogP contribution in [-0.2, 0) is 25.8 Å². The van der Waals surface area contributed by atoms with Gasteiger partial charge in [0.05, 0.1) is 0 Å². The second-order valence-electron chi connectivity index (χ2n) is 2.11. The molecule has 0 nitrogen and oxygen atoms in total. The molecule has 12 heavy (non-hydrogen) atoms. The molecule has 2 heteroatoms. The Balaban J connectivity index is 0. The zero-order chi connectivity index (χ0) is 8.53. The van der Waals surface area contributed by atoms with Crippen LogP contribution in [0.1, 0.15) is 19.8 Å². The summed E-state index contributed by atoms with van der Waals surface area (Å²) < 4.78 is 0. The molecule has 0 unspecified atom stereocenters. The van der Waals surface area contributed by atoms with Crippen molar-refractivity contribution in [3.05, 3.63) is 36.5 Å². The Kier molecular flexibility index (Phi) is 14.5. The third kappa shape index (κ3) is 8.66. The molecule has 66 valence electrons. The predicted octanol–water partition coefficient (Wildman–Crippen LogP) is 3.65. The van der Waals surface area contributed by atoms with E-state index in [1.54, 1.807) is 6.08 Å². The van der Waals surface area contributed by atoms with Gasteiger partial charge in [0.1, 0.15) is 0 Å². The van der Waals surface area contributed by atoms with E-state index in [4.69, 9.17) is 0 Å². The molecule has 0 saturated carbocycles. The Morgan fingerprint density at radius 3 is 2.50 bits per heavy atom. The summed E-state index contributed by atoms with van der Waals surface area (Å²) >= 11 is 3.13. The molecule has 0 spiro atoms. The summed E-state index contributed by atoms with van der Waals surface area (Å²) in [6.07, 6.45) is 11.4. The Hall–Kier alpha value is 0.570. The van der Waals surface area contributed by atoms with Crippen molar-refractivity contribution in [2.24, 2.45) is 0 Å². The molecular formula is C10H14BrHf-. The van der Waals surface area contributed by atoms with Crippen LogP contribution >= 0.6 is 15.9 Å². The molecule has 0 amide bonds. The number of allylic oxidation sites excluding steroid dienone is 5. The van der Waals surface area contributed by atoms with E-state index in [2.05, 4.69) is 47.7 Å². The number of alkyl halides is 1. The fraction of sp³-hybridized carbons (Fsp3) is 0.400. The van der Waals surface area contributed by atoms with E-state index >= 15 is 0 Å². The van der Waals surface area contributed by atoms with Crippen LogP contribution < -0.4 is 0 Å². The van der Waals surface area contributed by atoms with Crippen LogP contribution in [0.2, 0.25) is 0 Å². The fourth-order valence-electron chi connectivity index (χ4n) is 0.693. The first-order valence-electron chi connectivity index (χ1n) is 3.78. The van der Waals surface area contributed by atoms with Gasteiger partial charge in [0, 0.05) is 31.2 Å². The van der Waals surface area contributed by atoms with Crippen molar-refractivity contribution in [2.75, 3.05) is 5.33 Å². The summed E-state index contributed by atoms with van der Waals surface area (Å²) in [5.41, 5.74) is 1.36. The van der Waals surface area contributed by atoms with Crippen molar-refractivity contribution in [2.45, 2.75) is 19.8 Å².